The van der Waals surface area contributed by atoms with E-state index in [2.05, 4.69) is 9.72 Å². The average Bonchev–Trinajstić information content (AvgIpc) is 2.37. The van der Waals surface area contributed by atoms with Gasteiger partial charge in [-0.25, -0.2) is 4.79 Å². The molecule has 0 fully saturated rings. The van der Waals surface area contributed by atoms with Gasteiger partial charge in [0.05, 0.1) is 37.0 Å². The highest BCUT2D eigenvalue weighted by atomic mass is 16.5. The van der Waals surface area contributed by atoms with Gasteiger partial charge in [-0.15, -0.1) is 0 Å². The van der Waals surface area contributed by atoms with Gasteiger partial charge in [0.25, 0.3) is 0 Å². The first-order valence-corrected chi connectivity index (χ1v) is 4.87. The Morgan fingerprint density at radius 2 is 2.29 bits per heavy atom. The number of ether oxygens (including phenoxy) is 1. The molecule has 17 heavy (non-hydrogen) atoms. The fraction of sp³-hybridized carbons (Fsp3) is 0.364. The molecule has 2 unspecified atom stereocenters. The molecule has 0 aromatic carbocycles. The van der Waals surface area contributed by atoms with E-state index < -0.39 is 18.2 Å². The lowest BCUT2D eigenvalue weighted by molar-refractivity contribution is 0.0190. The molecule has 0 saturated heterocycles. The van der Waals surface area contributed by atoms with Crippen molar-refractivity contribution in [3.8, 4) is 6.07 Å². The highest BCUT2D eigenvalue weighted by Crippen LogP contribution is 2.16. The molecular formula is C11H12N2O4. The zero-order chi connectivity index (χ0) is 12.8. The van der Waals surface area contributed by atoms with Gasteiger partial charge < -0.3 is 14.9 Å². The van der Waals surface area contributed by atoms with Crippen molar-refractivity contribution >= 4 is 5.97 Å². The minimum Gasteiger partial charge on any atom is -0.465 e. The Kier molecular flexibility index (Phi) is 4.57. The fourth-order valence-electron chi connectivity index (χ4n) is 1.22. The Bertz CT molecular complexity index is 424. The Morgan fingerprint density at radius 1 is 1.59 bits per heavy atom. The summed E-state index contributed by atoms with van der Waals surface area (Å²) in [5, 5.41) is 27.4. The number of hydrogen-bond acceptors (Lipinski definition) is 6. The van der Waals surface area contributed by atoms with Crippen molar-refractivity contribution in [1.29, 1.82) is 5.26 Å². The number of carbonyl (C=O) groups excluding carboxylic acids is 1. The van der Waals surface area contributed by atoms with Gasteiger partial charge in [-0.3, -0.25) is 4.98 Å². The van der Waals surface area contributed by atoms with E-state index in [4.69, 9.17) is 5.26 Å². The Morgan fingerprint density at radius 3 is 2.76 bits per heavy atom. The molecule has 1 heterocycles. The number of rotatable bonds is 4. The molecule has 2 atom stereocenters. The summed E-state index contributed by atoms with van der Waals surface area (Å²) in [6.45, 7) is 0. The summed E-state index contributed by atoms with van der Waals surface area (Å²) in [5.74, 6) is -0.531. The molecule has 0 saturated carbocycles. The van der Waals surface area contributed by atoms with Crippen LogP contribution in [0.4, 0.5) is 0 Å². The summed E-state index contributed by atoms with van der Waals surface area (Å²) in [6.07, 6.45) is -1.40. The van der Waals surface area contributed by atoms with Crippen LogP contribution in [-0.2, 0) is 4.74 Å². The molecule has 2 N–H and O–H groups in total. The van der Waals surface area contributed by atoms with Crippen LogP contribution >= 0.6 is 0 Å². The summed E-state index contributed by atoms with van der Waals surface area (Å²) in [5.41, 5.74) is 0.443. The maximum absolute atomic E-state index is 11.1. The van der Waals surface area contributed by atoms with E-state index >= 15 is 0 Å². The maximum atomic E-state index is 11.1. The van der Waals surface area contributed by atoms with Crippen LogP contribution in [0.25, 0.3) is 0 Å². The number of nitrogens with zero attached hydrogens (tertiary/aromatic N) is 2. The lowest BCUT2D eigenvalue weighted by Gasteiger charge is -2.14. The molecule has 1 aromatic rings. The molecule has 0 aliphatic rings. The molecule has 6 heteroatoms. The second kappa shape index (κ2) is 5.94. The SMILES string of the molecule is COC(=O)c1ccc(C(O)C(O)CC#N)nc1. The van der Waals surface area contributed by atoms with Crippen LogP contribution in [0, 0.1) is 11.3 Å². The number of aromatic nitrogens is 1. The second-order valence-electron chi connectivity index (χ2n) is 3.34. The molecule has 0 aliphatic carbocycles. The Balaban J connectivity index is 2.81. The van der Waals surface area contributed by atoms with Crippen LogP contribution in [0.2, 0.25) is 0 Å². The van der Waals surface area contributed by atoms with Crippen molar-refractivity contribution in [1.82, 2.24) is 4.98 Å². The van der Waals surface area contributed by atoms with Gasteiger partial charge in [-0.1, -0.05) is 0 Å². The van der Waals surface area contributed by atoms with Crippen LogP contribution in [0.5, 0.6) is 0 Å². The van der Waals surface area contributed by atoms with E-state index in [9.17, 15) is 15.0 Å². The Hall–Kier alpha value is -1.97. The van der Waals surface area contributed by atoms with Crippen molar-refractivity contribution in [2.45, 2.75) is 18.6 Å². The largest absolute Gasteiger partial charge is 0.465 e. The number of methoxy groups -OCH3 is 1. The van der Waals surface area contributed by atoms with Crippen LogP contribution < -0.4 is 0 Å². The molecule has 0 spiro atoms. The number of esters is 1. The number of nitriles is 1. The zero-order valence-corrected chi connectivity index (χ0v) is 9.20. The topological polar surface area (TPSA) is 103 Å². The third kappa shape index (κ3) is 3.24. The summed E-state index contributed by atoms with van der Waals surface area (Å²) < 4.78 is 4.49. The number of aliphatic hydroxyl groups is 2. The summed E-state index contributed by atoms with van der Waals surface area (Å²) in [6, 6.07) is 4.57. The molecule has 0 bridgehead atoms. The first kappa shape index (κ1) is 13.1. The van der Waals surface area contributed by atoms with Crippen molar-refractivity contribution in [2.75, 3.05) is 7.11 Å². The minimum atomic E-state index is -1.25. The lowest BCUT2D eigenvalue weighted by atomic mass is 10.1. The Labute approximate surface area is 98.1 Å². The van der Waals surface area contributed by atoms with Crippen molar-refractivity contribution in [3.63, 3.8) is 0 Å². The molecule has 0 radical (unpaired) electrons. The molecule has 6 nitrogen and oxygen atoms in total. The van der Waals surface area contributed by atoms with Crippen LogP contribution in [0.15, 0.2) is 18.3 Å². The standard InChI is InChI=1S/C11H12N2O4/c1-17-11(16)7-2-3-8(13-6-7)10(15)9(14)4-5-12/h2-3,6,9-10,14-15H,4H2,1H3. The molecule has 90 valence electrons. The zero-order valence-electron chi connectivity index (χ0n) is 9.20. The molecule has 0 amide bonds. The number of carbonyl (C=O) groups is 1. The molecule has 0 aliphatic heterocycles. The summed E-state index contributed by atoms with van der Waals surface area (Å²) in [7, 11) is 1.25. The van der Waals surface area contributed by atoms with Gasteiger partial charge in [0.2, 0.25) is 0 Å². The minimum absolute atomic E-state index is 0.193. The number of aliphatic hydroxyl groups excluding tert-OH is 2. The quantitative estimate of drug-likeness (QED) is 0.722. The van der Waals surface area contributed by atoms with Crippen LogP contribution in [0.1, 0.15) is 28.6 Å². The van der Waals surface area contributed by atoms with Gasteiger partial charge in [-0.05, 0) is 12.1 Å². The third-order valence-corrected chi connectivity index (χ3v) is 2.18. The molecule has 1 rings (SSSR count). The monoisotopic (exact) mass is 236 g/mol. The van der Waals surface area contributed by atoms with Gasteiger partial charge >= 0.3 is 5.97 Å². The normalized spacial score (nSPS) is 13.5. The summed E-state index contributed by atoms with van der Waals surface area (Å²) >= 11 is 0. The third-order valence-electron chi connectivity index (χ3n) is 2.18. The smallest absolute Gasteiger partial charge is 0.339 e. The first-order chi connectivity index (χ1) is 8.10. The summed E-state index contributed by atoms with van der Waals surface area (Å²) in [4.78, 5) is 14.9. The van der Waals surface area contributed by atoms with Gasteiger partial charge in [-0.2, -0.15) is 5.26 Å². The van der Waals surface area contributed by atoms with E-state index in [0.717, 1.165) is 0 Å². The van der Waals surface area contributed by atoms with E-state index in [0.29, 0.717) is 0 Å². The average molecular weight is 236 g/mol. The van der Waals surface area contributed by atoms with Gasteiger partial charge in [0.15, 0.2) is 0 Å². The van der Waals surface area contributed by atoms with E-state index in [1.165, 1.54) is 25.4 Å². The van der Waals surface area contributed by atoms with E-state index in [-0.39, 0.29) is 17.7 Å². The van der Waals surface area contributed by atoms with Crippen LogP contribution in [-0.4, -0.2) is 34.4 Å². The lowest BCUT2D eigenvalue weighted by Crippen LogP contribution is -2.18. The van der Waals surface area contributed by atoms with Gasteiger partial charge in [0, 0.05) is 6.20 Å². The van der Waals surface area contributed by atoms with E-state index in [1.54, 1.807) is 6.07 Å². The highest BCUT2D eigenvalue weighted by Gasteiger charge is 2.19. The van der Waals surface area contributed by atoms with E-state index in [1.807, 2.05) is 0 Å². The second-order valence-corrected chi connectivity index (χ2v) is 3.34. The molecular weight excluding hydrogens is 224 g/mol. The maximum Gasteiger partial charge on any atom is 0.339 e. The predicted molar refractivity (Wildman–Crippen MR) is 56.8 cm³/mol. The van der Waals surface area contributed by atoms with Crippen molar-refractivity contribution in [3.05, 3.63) is 29.6 Å². The predicted octanol–water partition coefficient (Wildman–Crippen LogP) is 0.176. The highest BCUT2D eigenvalue weighted by molar-refractivity contribution is 5.88. The van der Waals surface area contributed by atoms with Crippen molar-refractivity contribution in [2.24, 2.45) is 0 Å². The first-order valence-electron chi connectivity index (χ1n) is 4.87. The molecule has 1 aromatic heterocycles. The van der Waals surface area contributed by atoms with Crippen molar-refractivity contribution < 1.29 is 19.7 Å². The number of hydrogen-bond donors (Lipinski definition) is 2. The van der Waals surface area contributed by atoms with Crippen LogP contribution in [0.3, 0.4) is 0 Å². The van der Waals surface area contributed by atoms with Gasteiger partial charge in [0.1, 0.15) is 6.10 Å². The fourth-order valence-corrected chi connectivity index (χ4v) is 1.22. The number of pyridine rings is 1.